The molecule has 7 nitrogen and oxygen atoms in total. The molecule has 1 N–H and O–H groups in total. The molecule has 0 aliphatic heterocycles. The van der Waals surface area contributed by atoms with Gasteiger partial charge in [0.15, 0.2) is 6.61 Å². The maximum absolute atomic E-state index is 12.4. The molecular weight excluding hydrogens is 374 g/mol. The molecule has 1 atom stereocenters. The minimum absolute atomic E-state index is 0.129. The summed E-state index contributed by atoms with van der Waals surface area (Å²) < 4.78 is 10.4. The molecule has 1 amide bonds. The smallest absolute Gasteiger partial charge is 0.329 e. The van der Waals surface area contributed by atoms with Gasteiger partial charge in [0.2, 0.25) is 5.82 Å². The fourth-order valence-electron chi connectivity index (χ4n) is 2.16. The highest BCUT2D eigenvalue weighted by Gasteiger charge is 2.27. The Morgan fingerprint density at radius 1 is 1.31 bits per heavy atom. The molecule has 0 saturated carbocycles. The number of aromatic nitrogens is 2. The Labute approximate surface area is 158 Å². The van der Waals surface area contributed by atoms with Gasteiger partial charge in [-0.15, -0.1) is 11.3 Å². The number of esters is 1. The summed E-state index contributed by atoms with van der Waals surface area (Å²) in [5.74, 6) is -0.320. The highest BCUT2D eigenvalue weighted by Crippen LogP contribution is 2.19. The van der Waals surface area contributed by atoms with Crippen LogP contribution < -0.4 is 5.32 Å². The van der Waals surface area contributed by atoms with Gasteiger partial charge in [-0.25, -0.2) is 4.79 Å². The Morgan fingerprint density at radius 2 is 2.15 bits per heavy atom. The van der Waals surface area contributed by atoms with Crippen molar-refractivity contribution >= 4 is 34.6 Å². The van der Waals surface area contributed by atoms with Crippen LogP contribution in [0.25, 0.3) is 11.4 Å². The Hall–Kier alpha value is -2.52. The summed E-state index contributed by atoms with van der Waals surface area (Å²) in [5.41, 5.74) is 0.847. The number of thiophene rings is 2. The minimum Gasteiger partial charge on any atom is -0.454 e. The molecule has 1 unspecified atom stereocenters. The van der Waals surface area contributed by atoms with Crippen LogP contribution in [-0.2, 0) is 16.1 Å². The standard InChI is InChI=1S/C17H17N3O4S2/c1-10(2)14(19-16(21)12-4-3-6-26-12)17(22)23-8-13-18-15(20-24-13)11-5-7-25-9-11/h3-7,9-10,14H,8H2,1-2H3,(H,19,21). The van der Waals surface area contributed by atoms with Crippen LogP contribution in [0.2, 0.25) is 0 Å². The third-order valence-electron chi connectivity index (χ3n) is 3.54. The molecule has 0 spiro atoms. The molecule has 9 heteroatoms. The summed E-state index contributed by atoms with van der Waals surface area (Å²) in [6, 6.07) is 4.60. The van der Waals surface area contributed by atoms with Crippen LogP contribution in [0.15, 0.2) is 38.9 Å². The zero-order chi connectivity index (χ0) is 18.5. The molecule has 0 radical (unpaired) electrons. The number of hydrogen-bond donors (Lipinski definition) is 1. The van der Waals surface area contributed by atoms with Gasteiger partial charge in [-0.3, -0.25) is 4.79 Å². The second kappa shape index (κ2) is 8.24. The summed E-state index contributed by atoms with van der Waals surface area (Å²) >= 11 is 2.84. The molecule has 3 rings (SSSR count). The average Bonchev–Trinajstić information content (AvgIpc) is 3.38. The Balaban J connectivity index is 1.59. The molecule has 0 aromatic carbocycles. The first kappa shape index (κ1) is 18.3. The minimum atomic E-state index is -0.760. The van der Waals surface area contributed by atoms with Gasteiger partial charge in [-0.1, -0.05) is 25.1 Å². The highest BCUT2D eigenvalue weighted by atomic mass is 32.1. The van der Waals surface area contributed by atoms with E-state index >= 15 is 0 Å². The topological polar surface area (TPSA) is 94.3 Å². The van der Waals surface area contributed by atoms with E-state index < -0.39 is 12.0 Å². The summed E-state index contributed by atoms with van der Waals surface area (Å²) in [7, 11) is 0. The van der Waals surface area contributed by atoms with E-state index in [0.717, 1.165) is 5.56 Å². The molecule has 0 fully saturated rings. The van der Waals surface area contributed by atoms with E-state index in [1.807, 2.05) is 30.7 Å². The van der Waals surface area contributed by atoms with Gasteiger partial charge < -0.3 is 14.6 Å². The van der Waals surface area contributed by atoms with Crippen LogP contribution in [-0.4, -0.2) is 28.1 Å². The lowest BCUT2D eigenvalue weighted by atomic mass is 10.0. The lowest BCUT2D eigenvalue weighted by Gasteiger charge is -2.20. The van der Waals surface area contributed by atoms with Crippen LogP contribution in [0, 0.1) is 5.92 Å². The van der Waals surface area contributed by atoms with Crippen LogP contribution >= 0.6 is 22.7 Å². The first-order valence-corrected chi connectivity index (χ1v) is 9.73. The third kappa shape index (κ3) is 4.36. The second-order valence-corrected chi connectivity index (χ2v) is 7.53. The Morgan fingerprint density at radius 3 is 2.81 bits per heavy atom. The lowest BCUT2D eigenvalue weighted by Crippen LogP contribution is -2.45. The normalized spacial score (nSPS) is 12.1. The zero-order valence-corrected chi connectivity index (χ0v) is 15.8. The van der Waals surface area contributed by atoms with Crippen molar-refractivity contribution < 1.29 is 18.8 Å². The highest BCUT2D eigenvalue weighted by molar-refractivity contribution is 7.12. The number of amides is 1. The van der Waals surface area contributed by atoms with Crippen LogP contribution in [0.5, 0.6) is 0 Å². The SMILES string of the molecule is CC(C)C(NC(=O)c1cccs1)C(=O)OCc1nc(-c2ccsc2)no1. The van der Waals surface area contributed by atoms with Crippen molar-refractivity contribution in [1.29, 1.82) is 0 Å². The van der Waals surface area contributed by atoms with Crippen LogP contribution in [0.1, 0.15) is 29.4 Å². The molecular formula is C17H17N3O4S2. The van der Waals surface area contributed by atoms with Crippen molar-refractivity contribution in [2.24, 2.45) is 5.92 Å². The molecule has 0 saturated heterocycles. The molecule has 0 aliphatic rings. The lowest BCUT2D eigenvalue weighted by molar-refractivity contribution is -0.149. The van der Waals surface area contributed by atoms with Crippen LogP contribution in [0.4, 0.5) is 0 Å². The first-order chi connectivity index (χ1) is 12.5. The molecule has 136 valence electrons. The number of carbonyl (C=O) groups is 2. The van der Waals surface area contributed by atoms with Crippen molar-refractivity contribution in [3.63, 3.8) is 0 Å². The molecule has 3 aromatic rings. The monoisotopic (exact) mass is 391 g/mol. The molecule has 26 heavy (non-hydrogen) atoms. The predicted octanol–water partition coefficient (Wildman–Crippen LogP) is 3.36. The third-order valence-corrected chi connectivity index (χ3v) is 5.09. The van der Waals surface area contributed by atoms with Gasteiger partial charge in [-0.05, 0) is 28.8 Å². The average molecular weight is 391 g/mol. The quantitative estimate of drug-likeness (QED) is 0.621. The van der Waals surface area contributed by atoms with Crippen molar-refractivity contribution in [1.82, 2.24) is 15.5 Å². The number of rotatable bonds is 7. The van der Waals surface area contributed by atoms with Gasteiger partial charge in [0.05, 0.1) is 4.88 Å². The van der Waals surface area contributed by atoms with Gasteiger partial charge in [-0.2, -0.15) is 16.3 Å². The summed E-state index contributed by atoms with van der Waals surface area (Å²) in [6.07, 6.45) is 0. The number of nitrogens with zero attached hydrogens (tertiary/aromatic N) is 2. The van der Waals surface area contributed by atoms with E-state index in [9.17, 15) is 9.59 Å². The van der Waals surface area contributed by atoms with Crippen molar-refractivity contribution in [2.45, 2.75) is 26.5 Å². The predicted molar refractivity (Wildman–Crippen MR) is 97.8 cm³/mol. The van der Waals surface area contributed by atoms with Gasteiger partial charge in [0, 0.05) is 10.9 Å². The van der Waals surface area contributed by atoms with Gasteiger partial charge in [0.1, 0.15) is 6.04 Å². The maximum Gasteiger partial charge on any atom is 0.329 e. The van der Waals surface area contributed by atoms with Crippen molar-refractivity contribution in [3.05, 3.63) is 45.1 Å². The first-order valence-electron chi connectivity index (χ1n) is 7.90. The maximum atomic E-state index is 12.4. The second-order valence-electron chi connectivity index (χ2n) is 5.80. The molecule has 0 bridgehead atoms. The van der Waals surface area contributed by atoms with Crippen molar-refractivity contribution in [2.75, 3.05) is 0 Å². The molecule has 0 aliphatic carbocycles. The number of carbonyl (C=O) groups excluding carboxylic acids is 2. The summed E-state index contributed by atoms with van der Waals surface area (Å²) in [5, 5.41) is 12.2. The zero-order valence-electron chi connectivity index (χ0n) is 14.2. The summed E-state index contributed by atoms with van der Waals surface area (Å²) in [6.45, 7) is 3.53. The largest absolute Gasteiger partial charge is 0.454 e. The Kier molecular flexibility index (Phi) is 5.79. The van der Waals surface area contributed by atoms with E-state index in [-0.39, 0.29) is 24.3 Å². The van der Waals surface area contributed by atoms with E-state index in [2.05, 4.69) is 15.5 Å². The molecule has 3 aromatic heterocycles. The van der Waals surface area contributed by atoms with E-state index in [1.54, 1.807) is 17.5 Å². The number of hydrogen-bond acceptors (Lipinski definition) is 8. The van der Waals surface area contributed by atoms with E-state index in [1.165, 1.54) is 22.7 Å². The van der Waals surface area contributed by atoms with E-state index in [0.29, 0.717) is 10.7 Å². The fourth-order valence-corrected chi connectivity index (χ4v) is 3.42. The van der Waals surface area contributed by atoms with Crippen LogP contribution in [0.3, 0.4) is 0 Å². The fraction of sp³-hybridized carbons (Fsp3) is 0.294. The summed E-state index contributed by atoms with van der Waals surface area (Å²) in [4.78, 5) is 29.3. The van der Waals surface area contributed by atoms with Crippen molar-refractivity contribution in [3.8, 4) is 11.4 Å². The van der Waals surface area contributed by atoms with E-state index in [4.69, 9.17) is 9.26 Å². The number of ether oxygens (including phenoxy) is 1. The van der Waals surface area contributed by atoms with Gasteiger partial charge in [0.25, 0.3) is 11.8 Å². The number of nitrogens with one attached hydrogen (secondary N) is 1. The Bertz CT molecular complexity index is 857. The molecule has 3 heterocycles. The van der Waals surface area contributed by atoms with Gasteiger partial charge >= 0.3 is 5.97 Å².